The zero-order chi connectivity index (χ0) is 13.6. The molecule has 4 nitrogen and oxygen atoms in total. The number of carbonyl (C=O) groups is 1. The van der Waals surface area contributed by atoms with Crippen LogP contribution in [0.15, 0.2) is 18.5 Å². The fourth-order valence-electron chi connectivity index (χ4n) is 3.52. The first-order chi connectivity index (χ1) is 9.00. The van der Waals surface area contributed by atoms with Crippen LogP contribution in [0, 0.1) is 18.3 Å². The van der Waals surface area contributed by atoms with Crippen molar-refractivity contribution in [2.45, 2.75) is 39.3 Å². The lowest BCUT2D eigenvalue weighted by Gasteiger charge is -2.54. The van der Waals surface area contributed by atoms with Crippen LogP contribution in [0.2, 0.25) is 0 Å². The SMILES string of the molecule is Cc1cncc(C(=O)NC2C3CCOC3C2(C)C)c1. The van der Waals surface area contributed by atoms with Crippen molar-refractivity contribution in [3.05, 3.63) is 29.6 Å². The van der Waals surface area contributed by atoms with Gasteiger partial charge in [0.1, 0.15) is 0 Å². The summed E-state index contributed by atoms with van der Waals surface area (Å²) < 4.78 is 5.74. The molecule has 1 saturated carbocycles. The monoisotopic (exact) mass is 260 g/mol. The lowest BCUT2D eigenvalue weighted by molar-refractivity contribution is -0.108. The van der Waals surface area contributed by atoms with E-state index in [2.05, 4.69) is 24.1 Å². The summed E-state index contributed by atoms with van der Waals surface area (Å²) in [6.45, 7) is 7.09. The van der Waals surface area contributed by atoms with E-state index >= 15 is 0 Å². The third-order valence-corrected chi connectivity index (χ3v) is 4.52. The molecule has 2 aliphatic rings. The molecule has 102 valence electrons. The summed E-state index contributed by atoms with van der Waals surface area (Å²) in [6.07, 6.45) is 4.72. The number of aryl methyl sites for hydroxylation is 1. The Morgan fingerprint density at radius 3 is 3.00 bits per heavy atom. The first kappa shape index (κ1) is 12.6. The second-order valence-electron chi connectivity index (χ2n) is 6.27. The van der Waals surface area contributed by atoms with Gasteiger partial charge in [0.05, 0.1) is 11.7 Å². The maximum Gasteiger partial charge on any atom is 0.253 e. The third-order valence-electron chi connectivity index (χ3n) is 4.52. The molecule has 3 atom stereocenters. The minimum Gasteiger partial charge on any atom is -0.377 e. The highest BCUT2D eigenvalue weighted by atomic mass is 16.5. The van der Waals surface area contributed by atoms with Gasteiger partial charge in [-0.3, -0.25) is 9.78 Å². The maximum atomic E-state index is 12.3. The van der Waals surface area contributed by atoms with Crippen LogP contribution in [0.4, 0.5) is 0 Å². The van der Waals surface area contributed by atoms with Crippen molar-refractivity contribution in [2.24, 2.45) is 11.3 Å². The van der Waals surface area contributed by atoms with Crippen LogP contribution in [0.3, 0.4) is 0 Å². The molecular formula is C15H20N2O2. The summed E-state index contributed by atoms with van der Waals surface area (Å²) in [7, 11) is 0. The highest BCUT2D eigenvalue weighted by Crippen LogP contribution is 2.52. The third kappa shape index (κ3) is 1.94. The fraction of sp³-hybridized carbons (Fsp3) is 0.600. The van der Waals surface area contributed by atoms with E-state index < -0.39 is 0 Å². The molecule has 3 rings (SSSR count). The van der Waals surface area contributed by atoms with Crippen LogP contribution in [0.25, 0.3) is 0 Å². The Bertz CT molecular complexity index is 513. The average molecular weight is 260 g/mol. The molecule has 1 N–H and O–H groups in total. The van der Waals surface area contributed by atoms with Gasteiger partial charge in [0.15, 0.2) is 0 Å². The molecule has 0 radical (unpaired) electrons. The van der Waals surface area contributed by atoms with Crippen LogP contribution >= 0.6 is 0 Å². The van der Waals surface area contributed by atoms with Crippen LogP contribution in [-0.4, -0.2) is 29.6 Å². The van der Waals surface area contributed by atoms with Crippen LogP contribution < -0.4 is 5.32 Å². The quantitative estimate of drug-likeness (QED) is 0.884. The number of pyridine rings is 1. The van der Waals surface area contributed by atoms with Crippen molar-refractivity contribution >= 4 is 5.91 Å². The van der Waals surface area contributed by atoms with Crippen LogP contribution in [0.1, 0.15) is 36.2 Å². The highest BCUT2D eigenvalue weighted by Gasteiger charge is 2.59. The van der Waals surface area contributed by atoms with E-state index in [1.165, 1.54) is 0 Å². The molecule has 3 unspecified atom stereocenters. The Morgan fingerprint density at radius 2 is 2.26 bits per heavy atom. The van der Waals surface area contributed by atoms with E-state index in [0.717, 1.165) is 18.6 Å². The Hall–Kier alpha value is -1.42. The Balaban J connectivity index is 1.73. The van der Waals surface area contributed by atoms with Gasteiger partial charge in [-0.2, -0.15) is 0 Å². The van der Waals surface area contributed by atoms with Gasteiger partial charge in [0.25, 0.3) is 5.91 Å². The predicted octanol–water partition coefficient (Wildman–Crippen LogP) is 1.93. The zero-order valence-corrected chi connectivity index (χ0v) is 11.6. The van der Waals surface area contributed by atoms with Gasteiger partial charge in [0, 0.05) is 36.4 Å². The summed E-state index contributed by atoms with van der Waals surface area (Å²) in [5, 5.41) is 3.16. The standard InChI is InChI=1S/C15H20N2O2/c1-9-6-10(8-16-7-9)14(18)17-12-11-4-5-19-13(11)15(12,2)3/h6-8,11-13H,4-5H2,1-3H3,(H,17,18). The molecule has 2 heterocycles. The highest BCUT2D eigenvalue weighted by molar-refractivity contribution is 5.94. The number of ether oxygens (including phenoxy) is 1. The number of fused-ring (bicyclic) bond motifs is 1. The minimum atomic E-state index is -0.0281. The second-order valence-corrected chi connectivity index (χ2v) is 6.27. The van der Waals surface area contributed by atoms with E-state index in [1.54, 1.807) is 12.4 Å². The van der Waals surface area contributed by atoms with Gasteiger partial charge in [-0.05, 0) is 25.0 Å². The normalized spacial score (nSPS) is 31.4. The molecule has 2 fully saturated rings. The maximum absolute atomic E-state index is 12.3. The Kier molecular flexibility index (Phi) is 2.86. The van der Waals surface area contributed by atoms with Gasteiger partial charge in [0.2, 0.25) is 0 Å². The summed E-state index contributed by atoms with van der Waals surface area (Å²) in [4.78, 5) is 16.4. The van der Waals surface area contributed by atoms with E-state index in [-0.39, 0.29) is 17.4 Å². The minimum absolute atomic E-state index is 0.0219. The summed E-state index contributed by atoms with van der Waals surface area (Å²) in [5.74, 6) is 0.441. The zero-order valence-electron chi connectivity index (χ0n) is 11.6. The first-order valence-electron chi connectivity index (χ1n) is 6.84. The summed E-state index contributed by atoms with van der Waals surface area (Å²) in [6, 6.07) is 2.07. The Morgan fingerprint density at radius 1 is 1.47 bits per heavy atom. The second kappa shape index (κ2) is 4.30. The molecule has 1 aromatic rings. The van der Waals surface area contributed by atoms with E-state index in [0.29, 0.717) is 17.6 Å². The van der Waals surface area contributed by atoms with Gasteiger partial charge in [-0.1, -0.05) is 13.8 Å². The number of amides is 1. The number of nitrogens with zero attached hydrogens (tertiary/aromatic N) is 1. The summed E-state index contributed by atoms with van der Waals surface area (Å²) >= 11 is 0. The molecule has 19 heavy (non-hydrogen) atoms. The molecular weight excluding hydrogens is 240 g/mol. The number of hydrogen-bond donors (Lipinski definition) is 1. The van der Waals surface area contributed by atoms with Crippen molar-refractivity contribution in [3.63, 3.8) is 0 Å². The van der Waals surface area contributed by atoms with Crippen LogP contribution in [-0.2, 0) is 4.74 Å². The molecule has 1 aliphatic heterocycles. The molecule has 0 aromatic carbocycles. The van der Waals surface area contributed by atoms with Crippen molar-refractivity contribution in [1.82, 2.24) is 10.3 Å². The number of aromatic nitrogens is 1. The van der Waals surface area contributed by atoms with Gasteiger partial charge < -0.3 is 10.1 Å². The lowest BCUT2D eigenvalue weighted by Crippen LogP contribution is -2.66. The van der Waals surface area contributed by atoms with Crippen molar-refractivity contribution in [2.75, 3.05) is 6.61 Å². The molecule has 4 heteroatoms. The van der Waals surface area contributed by atoms with Crippen LogP contribution in [0.5, 0.6) is 0 Å². The largest absolute Gasteiger partial charge is 0.377 e. The van der Waals surface area contributed by atoms with Gasteiger partial charge in [-0.15, -0.1) is 0 Å². The topological polar surface area (TPSA) is 51.2 Å². The average Bonchev–Trinajstić information content (AvgIpc) is 2.82. The van der Waals surface area contributed by atoms with Gasteiger partial charge in [-0.25, -0.2) is 0 Å². The van der Waals surface area contributed by atoms with Crippen molar-refractivity contribution in [1.29, 1.82) is 0 Å². The fourth-order valence-corrected chi connectivity index (χ4v) is 3.52. The lowest BCUT2D eigenvalue weighted by atomic mass is 9.57. The first-order valence-corrected chi connectivity index (χ1v) is 6.84. The van der Waals surface area contributed by atoms with E-state index in [9.17, 15) is 4.79 Å². The van der Waals surface area contributed by atoms with E-state index in [1.807, 2.05) is 13.0 Å². The smallest absolute Gasteiger partial charge is 0.253 e. The predicted molar refractivity (Wildman–Crippen MR) is 71.9 cm³/mol. The molecule has 1 aromatic heterocycles. The number of rotatable bonds is 2. The van der Waals surface area contributed by atoms with Crippen molar-refractivity contribution < 1.29 is 9.53 Å². The molecule has 0 spiro atoms. The summed E-state index contributed by atoms with van der Waals surface area (Å²) in [5.41, 5.74) is 1.66. The van der Waals surface area contributed by atoms with Crippen molar-refractivity contribution in [3.8, 4) is 0 Å². The molecule has 0 bridgehead atoms. The number of hydrogen-bond acceptors (Lipinski definition) is 3. The molecule has 1 saturated heterocycles. The molecule has 1 aliphatic carbocycles. The van der Waals surface area contributed by atoms with Gasteiger partial charge >= 0.3 is 0 Å². The van der Waals surface area contributed by atoms with E-state index in [4.69, 9.17) is 4.74 Å². The number of nitrogens with one attached hydrogen (secondary N) is 1. The molecule has 1 amide bonds. The number of carbonyl (C=O) groups excluding carboxylic acids is 1. The Labute approximate surface area is 113 Å².